The number of benzene rings is 2. The topological polar surface area (TPSA) is 78.8 Å². The zero-order valence-corrected chi connectivity index (χ0v) is 18.0. The van der Waals surface area contributed by atoms with Crippen LogP contribution in [0.3, 0.4) is 0 Å². The van der Waals surface area contributed by atoms with Gasteiger partial charge in [0.05, 0.1) is 12.2 Å². The van der Waals surface area contributed by atoms with Gasteiger partial charge in [-0.1, -0.05) is 28.4 Å². The number of carbonyl (C=O) groups excluding carboxylic acids is 1. The zero-order valence-electron chi connectivity index (χ0n) is 17.2. The van der Waals surface area contributed by atoms with Crippen LogP contribution >= 0.6 is 12.2 Å². The van der Waals surface area contributed by atoms with E-state index in [1.165, 1.54) is 16.0 Å². The third-order valence-electron chi connectivity index (χ3n) is 5.66. The Morgan fingerprint density at radius 1 is 1.28 bits per heavy atom. The number of terminal acetylenes is 1. The van der Waals surface area contributed by atoms with Gasteiger partial charge in [0.25, 0.3) is 5.91 Å². The minimum absolute atomic E-state index is 0.206. The van der Waals surface area contributed by atoms with E-state index in [1.807, 2.05) is 24.3 Å². The molecule has 2 N–H and O–H groups in total. The molecule has 0 saturated heterocycles. The number of allylic oxidation sites excluding steroid dienone is 3. The van der Waals surface area contributed by atoms with Crippen LogP contribution in [0.5, 0.6) is 0 Å². The number of nitrogens with zero attached hydrogens (tertiary/aromatic N) is 4. The largest absolute Gasteiger partial charge is 0.330 e. The quantitative estimate of drug-likeness (QED) is 0.470. The molecule has 7 nitrogen and oxygen atoms in total. The van der Waals surface area contributed by atoms with Gasteiger partial charge in [-0.05, 0) is 85.1 Å². The summed E-state index contributed by atoms with van der Waals surface area (Å²) in [4.78, 5) is 15.1. The van der Waals surface area contributed by atoms with Gasteiger partial charge in [0.1, 0.15) is 0 Å². The average Bonchev–Trinajstić information content (AvgIpc) is 3.25. The predicted octanol–water partition coefficient (Wildman–Crippen LogP) is 4.18. The summed E-state index contributed by atoms with van der Waals surface area (Å²) in [6.07, 6.45) is 12.9. The van der Waals surface area contributed by atoms with Gasteiger partial charge in [-0.25, -0.2) is 4.68 Å². The summed E-state index contributed by atoms with van der Waals surface area (Å²) in [5.74, 6) is 2.56. The van der Waals surface area contributed by atoms with E-state index in [-0.39, 0.29) is 5.91 Å². The Hall–Kier alpha value is -3.96. The Labute approximate surface area is 190 Å². The third-order valence-corrected chi connectivity index (χ3v) is 5.93. The van der Waals surface area contributed by atoms with Gasteiger partial charge in [-0.2, -0.15) is 5.21 Å². The number of hydrogen-bond acceptors (Lipinski definition) is 5. The number of hydrogen-bond donors (Lipinski definition) is 2. The summed E-state index contributed by atoms with van der Waals surface area (Å²) in [6.45, 7) is 0.514. The molecule has 5 rings (SSSR count). The highest BCUT2D eigenvalue weighted by atomic mass is 32.1. The van der Waals surface area contributed by atoms with Crippen LogP contribution in [0.15, 0.2) is 65.9 Å². The van der Waals surface area contributed by atoms with Crippen LogP contribution in [0.25, 0.3) is 5.69 Å². The number of nitrogens with one attached hydrogen (secondary N) is 2. The Morgan fingerprint density at radius 3 is 3.00 bits per heavy atom. The molecule has 158 valence electrons. The lowest BCUT2D eigenvalue weighted by molar-refractivity contribution is 0.102. The van der Waals surface area contributed by atoms with Crippen LogP contribution in [-0.2, 0) is 6.42 Å². The molecule has 8 heteroatoms. The number of aromatic nitrogens is 4. The summed E-state index contributed by atoms with van der Waals surface area (Å²) in [5.41, 5.74) is 6.79. The maximum atomic E-state index is 12.9. The molecule has 1 aliphatic carbocycles. The number of aromatic amines is 1. The summed E-state index contributed by atoms with van der Waals surface area (Å²) in [6, 6.07) is 13.1. The molecule has 0 saturated carbocycles. The van der Waals surface area contributed by atoms with E-state index in [4.69, 9.17) is 18.6 Å². The summed E-state index contributed by atoms with van der Waals surface area (Å²) < 4.78 is 1.83. The normalized spacial score (nSPS) is 14.5. The Balaban J connectivity index is 1.41. The number of carbonyl (C=O) groups is 1. The van der Waals surface area contributed by atoms with Crippen molar-refractivity contribution in [1.82, 2.24) is 20.2 Å². The lowest BCUT2D eigenvalue weighted by Gasteiger charge is -2.35. The molecule has 0 fully saturated rings. The Kier molecular flexibility index (Phi) is 5.17. The Morgan fingerprint density at radius 2 is 2.19 bits per heavy atom. The van der Waals surface area contributed by atoms with E-state index in [9.17, 15) is 4.79 Å². The summed E-state index contributed by atoms with van der Waals surface area (Å²) in [5, 5.41) is 13.2. The summed E-state index contributed by atoms with van der Waals surface area (Å²) in [7, 11) is 0. The highest BCUT2D eigenvalue weighted by Gasteiger charge is 2.24. The summed E-state index contributed by atoms with van der Waals surface area (Å²) >= 11 is 5.14. The van der Waals surface area contributed by atoms with Gasteiger partial charge in [0, 0.05) is 22.6 Å². The molecule has 0 radical (unpaired) electrons. The van der Waals surface area contributed by atoms with Crippen molar-refractivity contribution in [2.75, 3.05) is 16.8 Å². The van der Waals surface area contributed by atoms with Crippen LogP contribution in [-0.4, -0.2) is 32.7 Å². The first-order chi connectivity index (χ1) is 15.6. The van der Waals surface area contributed by atoms with E-state index in [0.29, 0.717) is 22.6 Å². The lowest BCUT2D eigenvalue weighted by atomic mass is 9.89. The molecule has 3 aromatic rings. The minimum Gasteiger partial charge on any atom is -0.330 e. The van der Waals surface area contributed by atoms with E-state index >= 15 is 0 Å². The highest BCUT2D eigenvalue weighted by Crippen LogP contribution is 2.38. The monoisotopic (exact) mass is 440 g/mol. The lowest BCUT2D eigenvalue weighted by Crippen LogP contribution is -2.29. The Bertz CT molecular complexity index is 1370. The van der Waals surface area contributed by atoms with Gasteiger partial charge < -0.3 is 10.2 Å². The van der Waals surface area contributed by atoms with E-state index in [0.717, 1.165) is 36.2 Å². The average molecular weight is 441 g/mol. The number of rotatable bonds is 4. The molecule has 1 amide bonds. The first kappa shape index (κ1) is 20.0. The first-order valence-corrected chi connectivity index (χ1v) is 10.7. The van der Waals surface area contributed by atoms with Gasteiger partial charge >= 0.3 is 0 Å². The van der Waals surface area contributed by atoms with Gasteiger partial charge in [0.2, 0.25) is 4.77 Å². The first-order valence-electron chi connectivity index (χ1n) is 10.3. The SMILES string of the molecule is C#CCN1C2=C(CCC=C2)Cc2cc(NC(=O)c3cccc(-n4[nH]nnc4=S)c3)ccc21. The molecule has 0 bridgehead atoms. The van der Waals surface area contributed by atoms with Crippen molar-refractivity contribution in [3.63, 3.8) is 0 Å². The van der Waals surface area contributed by atoms with E-state index in [1.54, 1.807) is 18.2 Å². The van der Waals surface area contributed by atoms with Crippen molar-refractivity contribution in [2.45, 2.75) is 19.3 Å². The maximum absolute atomic E-state index is 12.9. The van der Waals surface area contributed by atoms with Crippen LogP contribution in [0.4, 0.5) is 11.4 Å². The van der Waals surface area contributed by atoms with Crippen molar-refractivity contribution in [3.8, 4) is 18.0 Å². The smallest absolute Gasteiger partial charge is 0.255 e. The number of tetrazole rings is 1. The minimum atomic E-state index is -0.206. The molecular formula is C24H20N6OS. The highest BCUT2D eigenvalue weighted by molar-refractivity contribution is 7.71. The van der Waals surface area contributed by atoms with Crippen molar-refractivity contribution in [1.29, 1.82) is 0 Å². The second-order valence-electron chi connectivity index (χ2n) is 7.66. The third kappa shape index (κ3) is 3.63. The van der Waals surface area contributed by atoms with Crippen molar-refractivity contribution in [2.24, 2.45) is 0 Å². The maximum Gasteiger partial charge on any atom is 0.255 e. The van der Waals surface area contributed by atoms with Crippen molar-refractivity contribution >= 4 is 29.5 Å². The number of fused-ring (bicyclic) bond motifs is 1. The van der Waals surface area contributed by atoms with E-state index in [2.05, 4.69) is 43.8 Å². The predicted molar refractivity (Wildman–Crippen MR) is 126 cm³/mol. The molecule has 0 atom stereocenters. The van der Waals surface area contributed by atoms with Crippen molar-refractivity contribution in [3.05, 3.63) is 81.8 Å². The number of amides is 1. The molecule has 1 aliphatic heterocycles. The molecule has 1 aromatic heterocycles. The molecule has 2 aromatic carbocycles. The van der Waals surface area contributed by atoms with Crippen LogP contribution < -0.4 is 10.2 Å². The van der Waals surface area contributed by atoms with Gasteiger partial charge in [0.15, 0.2) is 0 Å². The van der Waals surface area contributed by atoms with E-state index < -0.39 is 0 Å². The fourth-order valence-electron chi connectivity index (χ4n) is 4.20. The van der Waals surface area contributed by atoms with Crippen LogP contribution in [0.1, 0.15) is 28.8 Å². The molecule has 0 spiro atoms. The van der Waals surface area contributed by atoms with Gasteiger partial charge in [-0.3, -0.25) is 4.79 Å². The molecule has 2 aliphatic rings. The fourth-order valence-corrected chi connectivity index (χ4v) is 4.39. The van der Waals surface area contributed by atoms with Crippen LogP contribution in [0, 0.1) is 17.1 Å². The number of anilines is 2. The zero-order chi connectivity index (χ0) is 22.1. The standard InChI is InChI=1S/C24H20N6OS/c1-2-12-29-21-9-4-3-6-16(21)13-18-14-19(10-11-22(18)29)25-23(31)17-7-5-8-20(15-17)30-24(32)26-27-28-30/h1,4-5,7-11,14-15H,3,6,12-13H2,(H,25,31)(H,26,28,32). The molecule has 0 unspecified atom stereocenters. The second-order valence-corrected chi connectivity index (χ2v) is 8.03. The second kappa shape index (κ2) is 8.29. The van der Waals surface area contributed by atoms with Gasteiger partial charge in [-0.15, -0.1) is 6.42 Å². The molecule has 2 heterocycles. The molecule has 32 heavy (non-hydrogen) atoms. The molecular weight excluding hydrogens is 420 g/mol. The van der Waals surface area contributed by atoms with Crippen LogP contribution in [0.2, 0.25) is 0 Å². The number of H-pyrrole nitrogens is 1. The van der Waals surface area contributed by atoms with Crippen molar-refractivity contribution < 1.29 is 4.79 Å². The fraction of sp³-hybridized carbons (Fsp3) is 0.167.